The molecule has 0 radical (unpaired) electrons. The number of nitrogens with one attached hydrogen (secondary N) is 1. The maximum absolute atomic E-state index is 11.4. The fraction of sp³-hybridized carbons (Fsp3) is 0.167. The molecule has 3 rings (SSSR count). The van der Waals surface area contributed by atoms with Gasteiger partial charge in [-0.1, -0.05) is 24.3 Å². The SMILES string of the molecule is CCn1c2ccccc2c2cc(C=CC(=O)NOC)ccc21. The summed E-state index contributed by atoms with van der Waals surface area (Å²) in [5.41, 5.74) is 5.69. The summed E-state index contributed by atoms with van der Waals surface area (Å²) in [7, 11) is 1.41. The van der Waals surface area contributed by atoms with E-state index in [1.807, 2.05) is 6.07 Å². The van der Waals surface area contributed by atoms with Gasteiger partial charge in [-0.3, -0.25) is 9.63 Å². The Kier molecular flexibility index (Phi) is 3.94. The molecule has 2 aromatic carbocycles. The first-order chi connectivity index (χ1) is 10.7. The number of amides is 1. The van der Waals surface area contributed by atoms with Gasteiger partial charge >= 0.3 is 0 Å². The fourth-order valence-electron chi connectivity index (χ4n) is 2.82. The highest BCUT2D eigenvalue weighted by molar-refractivity contribution is 6.08. The number of benzene rings is 2. The predicted molar refractivity (Wildman–Crippen MR) is 89.3 cm³/mol. The van der Waals surface area contributed by atoms with Crippen LogP contribution in [0.15, 0.2) is 48.5 Å². The molecule has 0 bridgehead atoms. The Morgan fingerprint density at radius 3 is 2.73 bits per heavy atom. The average Bonchev–Trinajstić information content (AvgIpc) is 2.86. The van der Waals surface area contributed by atoms with E-state index in [-0.39, 0.29) is 5.91 Å². The Bertz CT molecular complexity index is 862. The Morgan fingerprint density at radius 1 is 1.18 bits per heavy atom. The molecule has 0 saturated carbocycles. The highest BCUT2D eigenvalue weighted by atomic mass is 16.6. The van der Waals surface area contributed by atoms with E-state index in [0.717, 1.165) is 12.1 Å². The van der Waals surface area contributed by atoms with Crippen LogP contribution in [0, 0.1) is 0 Å². The van der Waals surface area contributed by atoms with Crippen molar-refractivity contribution in [1.29, 1.82) is 0 Å². The van der Waals surface area contributed by atoms with E-state index in [0.29, 0.717) is 0 Å². The number of carbonyl (C=O) groups is 1. The van der Waals surface area contributed by atoms with Crippen LogP contribution in [-0.4, -0.2) is 17.6 Å². The van der Waals surface area contributed by atoms with Crippen LogP contribution in [0.5, 0.6) is 0 Å². The number of para-hydroxylation sites is 1. The molecule has 0 aliphatic carbocycles. The molecule has 1 aromatic heterocycles. The fourth-order valence-corrected chi connectivity index (χ4v) is 2.82. The van der Waals surface area contributed by atoms with Crippen LogP contribution in [0.4, 0.5) is 0 Å². The molecule has 4 nitrogen and oxygen atoms in total. The second-order valence-corrected chi connectivity index (χ2v) is 5.04. The van der Waals surface area contributed by atoms with Crippen molar-refractivity contribution < 1.29 is 9.63 Å². The van der Waals surface area contributed by atoms with Crippen LogP contribution in [0.3, 0.4) is 0 Å². The molecule has 0 aliphatic heterocycles. The van der Waals surface area contributed by atoms with Crippen molar-refractivity contribution in [2.45, 2.75) is 13.5 Å². The first-order valence-corrected chi connectivity index (χ1v) is 7.26. The summed E-state index contributed by atoms with van der Waals surface area (Å²) < 4.78 is 2.30. The highest BCUT2D eigenvalue weighted by Crippen LogP contribution is 2.29. The van der Waals surface area contributed by atoms with Crippen LogP contribution in [0.1, 0.15) is 12.5 Å². The Balaban J connectivity index is 2.10. The molecule has 0 unspecified atom stereocenters. The summed E-state index contributed by atoms with van der Waals surface area (Å²) in [6.07, 6.45) is 3.25. The number of aromatic nitrogens is 1. The van der Waals surface area contributed by atoms with Gasteiger partial charge in [-0.25, -0.2) is 5.48 Å². The number of carbonyl (C=O) groups excluding carboxylic acids is 1. The minimum Gasteiger partial charge on any atom is -0.341 e. The average molecular weight is 294 g/mol. The van der Waals surface area contributed by atoms with Crippen LogP contribution < -0.4 is 5.48 Å². The van der Waals surface area contributed by atoms with Gasteiger partial charge in [0.05, 0.1) is 7.11 Å². The molecule has 0 fully saturated rings. The molecular weight excluding hydrogens is 276 g/mol. The summed E-state index contributed by atoms with van der Waals surface area (Å²) in [4.78, 5) is 16.0. The molecule has 0 atom stereocenters. The summed E-state index contributed by atoms with van der Waals surface area (Å²) in [6, 6.07) is 14.6. The number of hydroxylamine groups is 1. The summed E-state index contributed by atoms with van der Waals surface area (Å²) in [5, 5.41) is 2.43. The topological polar surface area (TPSA) is 43.3 Å². The summed E-state index contributed by atoms with van der Waals surface area (Å²) in [6.45, 7) is 3.07. The van der Waals surface area contributed by atoms with E-state index in [9.17, 15) is 4.79 Å². The highest BCUT2D eigenvalue weighted by Gasteiger charge is 2.08. The third-order valence-electron chi connectivity index (χ3n) is 3.74. The van der Waals surface area contributed by atoms with E-state index in [4.69, 9.17) is 0 Å². The van der Waals surface area contributed by atoms with Gasteiger partial charge in [0.25, 0.3) is 5.91 Å². The lowest BCUT2D eigenvalue weighted by Crippen LogP contribution is -2.18. The Labute approximate surface area is 128 Å². The molecule has 0 spiro atoms. The number of rotatable bonds is 4. The first-order valence-electron chi connectivity index (χ1n) is 7.26. The third kappa shape index (κ3) is 2.49. The van der Waals surface area contributed by atoms with Crippen molar-refractivity contribution in [1.82, 2.24) is 10.0 Å². The van der Waals surface area contributed by atoms with Crippen LogP contribution in [0.2, 0.25) is 0 Å². The second-order valence-electron chi connectivity index (χ2n) is 5.04. The molecule has 112 valence electrons. The Morgan fingerprint density at radius 2 is 1.95 bits per heavy atom. The van der Waals surface area contributed by atoms with Crippen molar-refractivity contribution >= 4 is 33.8 Å². The number of fused-ring (bicyclic) bond motifs is 3. The lowest BCUT2D eigenvalue weighted by Gasteiger charge is -2.02. The van der Waals surface area contributed by atoms with Crippen molar-refractivity contribution in [3.05, 3.63) is 54.1 Å². The molecule has 4 heteroatoms. The van der Waals surface area contributed by atoms with Crippen LogP contribution in [0.25, 0.3) is 27.9 Å². The van der Waals surface area contributed by atoms with Gasteiger partial charge in [0.2, 0.25) is 0 Å². The van der Waals surface area contributed by atoms with Gasteiger partial charge < -0.3 is 4.57 Å². The number of hydrogen-bond donors (Lipinski definition) is 1. The first kappa shape index (κ1) is 14.4. The second kappa shape index (κ2) is 6.03. The zero-order chi connectivity index (χ0) is 15.5. The van der Waals surface area contributed by atoms with E-state index in [2.05, 4.69) is 58.2 Å². The normalized spacial score (nSPS) is 11.5. The standard InChI is InChI=1S/C18H18N2O2/c1-3-20-16-7-5-4-6-14(16)15-12-13(8-10-17(15)20)9-11-18(21)19-22-2/h4-12H,3H2,1-2H3,(H,19,21). The number of hydrogen-bond acceptors (Lipinski definition) is 2. The molecular formula is C18H18N2O2. The zero-order valence-corrected chi connectivity index (χ0v) is 12.7. The third-order valence-corrected chi connectivity index (χ3v) is 3.74. The van der Waals surface area contributed by atoms with E-state index in [1.165, 1.54) is 35.0 Å². The van der Waals surface area contributed by atoms with Crippen molar-refractivity contribution in [3.63, 3.8) is 0 Å². The maximum Gasteiger partial charge on any atom is 0.267 e. The minimum absolute atomic E-state index is 0.279. The smallest absolute Gasteiger partial charge is 0.267 e. The Hall–Kier alpha value is -2.59. The van der Waals surface area contributed by atoms with Gasteiger partial charge in [-0.2, -0.15) is 0 Å². The van der Waals surface area contributed by atoms with E-state index >= 15 is 0 Å². The summed E-state index contributed by atoms with van der Waals surface area (Å²) in [5.74, 6) is -0.279. The predicted octanol–water partition coefficient (Wildman–Crippen LogP) is 3.51. The van der Waals surface area contributed by atoms with E-state index in [1.54, 1.807) is 6.08 Å². The number of aryl methyl sites for hydroxylation is 1. The molecule has 0 aliphatic rings. The van der Waals surface area contributed by atoms with Gasteiger partial charge in [0, 0.05) is 34.4 Å². The number of nitrogens with zero attached hydrogens (tertiary/aromatic N) is 1. The van der Waals surface area contributed by atoms with Crippen molar-refractivity contribution in [3.8, 4) is 0 Å². The van der Waals surface area contributed by atoms with E-state index < -0.39 is 0 Å². The molecule has 1 amide bonds. The van der Waals surface area contributed by atoms with Gasteiger partial charge in [-0.15, -0.1) is 0 Å². The van der Waals surface area contributed by atoms with Gasteiger partial charge in [0.15, 0.2) is 0 Å². The lowest BCUT2D eigenvalue weighted by atomic mass is 10.1. The van der Waals surface area contributed by atoms with Crippen LogP contribution in [-0.2, 0) is 16.2 Å². The maximum atomic E-state index is 11.4. The largest absolute Gasteiger partial charge is 0.341 e. The molecule has 0 saturated heterocycles. The monoisotopic (exact) mass is 294 g/mol. The van der Waals surface area contributed by atoms with Crippen molar-refractivity contribution in [2.24, 2.45) is 0 Å². The van der Waals surface area contributed by atoms with Crippen molar-refractivity contribution in [2.75, 3.05) is 7.11 Å². The van der Waals surface area contributed by atoms with Gasteiger partial charge in [-0.05, 0) is 36.8 Å². The molecule has 22 heavy (non-hydrogen) atoms. The minimum atomic E-state index is -0.279. The van der Waals surface area contributed by atoms with Gasteiger partial charge in [0.1, 0.15) is 0 Å². The quantitative estimate of drug-likeness (QED) is 0.591. The summed E-state index contributed by atoms with van der Waals surface area (Å²) >= 11 is 0. The molecule has 3 aromatic rings. The molecule has 1 N–H and O–H groups in total. The zero-order valence-electron chi connectivity index (χ0n) is 12.7. The molecule has 1 heterocycles. The lowest BCUT2D eigenvalue weighted by molar-refractivity contribution is -0.126. The van der Waals surface area contributed by atoms with Crippen LogP contribution >= 0.6 is 0 Å².